The predicted molar refractivity (Wildman–Crippen MR) is 97.0 cm³/mol. The average molecular weight is 361 g/mol. The quantitative estimate of drug-likeness (QED) is 0.686. The second-order valence-electron chi connectivity index (χ2n) is 5.79. The molecule has 0 fully saturated rings. The molecule has 3 aromatic rings. The summed E-state index contributed by atoms with van der Waals surface area (Å²) < 4.78 is 6.80. The van der Waals surface area contributed by atoms with Crippen molar-refractivity contribution in [2.45, 2.75) is 13.1 Å². The number of thiazole rings is 1. The van der Waals surface area contributed by atoms with Gasteiger partial charge in [0.2, 0.25) is 0 Å². The number of nitrogens with zero attached hydrogens (tertiary/aromatic N) is 3. The molecule has 25 heavy (non-hydrogen) atoms. The van der Waals surface area contributed by atoms with Gasteiger partial charge in [0.15, 0.2) is 5.58 Å². The third-order valence-corrected chi connectivity index (χ3v) is 4.53. The van der Waals surface area contributed by atoms with Crippen LogP contribution in [0.3, 0.4) is 0 Å². The number of likely N-dealkylation sites (N-methyl/N-ethyl adjacent to an activating group) is 1. The lowest BCUT2D eigenvalue weighted by atomic mass is 10.2. The molecule has 0 saturated carbocycles. The van der Waals surface area contributed by atoms with Gasteiger partial charge in [0.1, 0.15) is 10.7 Å². The van der Waals surface area contributed by atoms with Gasteiger partial charge in [0.25, 0.3) is 5.91 Å². The van der Waals surface area contributed by atoms with E-state index in [1.54, 1.807) is 28.1 Å². The first-order valence-electron chi connectivity index (χ1n) is 7.72. The lowest BCUT2D eigenvalue weighted by molar-refractivity contribution is 0.102. The molecule has 0 saturated heterocycles. The fourth-order valence-corrected chi connectivity index (χ4v) is 3.01. The van der Waals surface area contributed by atoms with Crippen molar-refractivity contribution in [1.82, 2.24) is 14.5 Å². The zero-order valence-electron chi connectivity index (χ0n) is 14.0. The van der Waals surface area contributed by atoms with Crippen molar-refractivity contribution in [3.8, 4) is 0 Å². The van der Waals surface area contributed by atoms with Crippen molar-refractivity contribution >= 4 is 34.0 Å². The van der Waals surface area contributed by atoms with E-state index in [0.29, 0.717) is 47.1 Å². The number of carbonyl (C=O) groups is 1. The van der Waals surface area contributed by atoms with E-state index in [-0.39, 0.29) is 5.91 Å². The highest BCUT2D eigenvalue weighted by Gasteiger charge is 2.13. The van der Waals surface area contributed by atoms with E-state index in [2.05, 4.69) is 10.3 Å². The molecule has 0 aliphatic heterocycles. The monoisotopic (exact) mass is 361 g/mol. The molecule has 9 heteroatoms. The number of hydrogen-bond acceptors (Lipinski definition) is 7. The summed E-state index contributed by atoms with van der Waals surface area (Å²) in [5.74, 6) is -0.728. The van der Waals surface area contributed by atoms with E-state index in [0.717, 1.165) is 0 Å². The van der Waals surface area contributed by atoms with Gasteiger partial charge < -0.3 is 20.4 Å². The lowest BCUT2D eigenvalue weighted by Crippen LogP contribution is -2.23. The van der Waals surface area contributed by atoms with Gasteiger partial charge in [-0.05, 0) is 32.3 Å². The van der Waals surface area contributed by atoms with E-state index in [4.69, 9.17) is 10.2 Å². The summed E-state index contributed by atoms with van der Waals surface area (Å²) in [4.78, 5) is 30.4. The molecular formula is C16H19N5O3S. The van der Waals surface area contributed by atoms with Crippen molar-refractivity contribution < 1.29 is 9.21 Å². The summed E-state index contributed by atoms with van der Waals surface area (Å²) in [5.41, 5.74) is 7.54. The summed E-state index contributed by atoms with van der Waals surface area (Å²) in [5, 5.41) is 5.16. The lowest BCUT2D eigenvalue weighted by Gasteiger charge is -2.09. The van der Waals surface area contributed by atoms with Gasteiger partial charge in [-0.3, -0.25) is 9.36 Å². The summed E-state index contributed by atoms with van der Waals surface area (Å²) >= 11 is 1.34. The Bertz CT molecular complexity index is 956. The highest BCUT2D eigenvalue weighted by Crippen LogP contribution is 2.19. The van der Waals surface area contributed by atoms with Gasteiger partial charge in [0.05, 0.1) is 5.52 Å². The van der Waals surface area contributed by atoms with E-state index >= 15 is 0 Å². The summed E-state index contributed by atoms with van der Waals surface area (Å²) in [6.07, 6.45) is 0. The van der Waals surface area contributed by atoms with Gasteiger partial charge in [0, 0.05) is 30.7 Å². The molecule has 1 amide bonds. The number of amides is 1. The molecule has 8 nitrogen and oxygen atoms in total. The maximum atomic E-state index is 12.3. The molecule has 132 valence electrons. The first-order chi connectivity index (χ1) is 12.0. The van der Waals surface area contributed by atoms with Gasteiger partial charge in [-0.15, -0.1) is 11.3 Å². The first-order valence-corrected chi connectivity index (χ1v) is 8.60. The van der Waals surface area contributed by atoms with Crippen LogP contribution in [0.5, 0.6) is 0 Å². The molecule has 0 radical (unpaired) electrons. The molecule has 3 rings (SSSR count). The number of benzene rings is 1. The van der Waals surface area contributed by atoms with E-state index < -0.39 is 5.76 Å². The molecule has 2 aromatic heterocycles. The Morgan fingerprint density at radius 1 is 1.44 bits per heavy atom. The second kappa shape index (κ2) is 7.18. The fourth-order valence-electron chi connectivity index (χ4n) is 2.36. The van der Waals surface area contributed by atoms with Crippen LogP contribution >= 0.6 is 11.3 Å². The molecule has 0 bridgehead atoms. The number of carbonyl (C=O) groups excluding carboxylic acids is 1. The first kappa shape index (κ1) is 17.3. The van der Waals surface area contributed by atoms with Crippen molar-refractivity contribution in [3.05, 3.63) is 44.8 Å². The minimum atomic E-state index is -0.410. The van der Waals surface area contributed by atoms with Crippen molar-refractivity contribution in [2.24, 2.45) is 5.73 Å². The van der Waals surface area contributed by atoms with E-state index in [9.17, 15) is 9.59 Å². The zero-order valence-corrected chi connectivity index (χ0v) is 14.8. The summed E-state index contributed by atoms with van der Waals surface area (Å²) in [7, 11) is 3.87. The standard InChI is InChI=1S/C16H19N5O3S/c1-20(2)5-6-21-12-7-10(3-4-13(12)24-16(21)23)18-15(22)11-9-25-14(8-17)19-11/h3-4,7,9H,5-6,8,17H2,1-2H3,(H,18,22). The molecule has 0 unspecified atom stereocenters. The molecule has 1 aromatic carbocycles. The van der Waals surface area contributed by atoms with E-state index in [1.165, 1.54) is 11.3 Å². The number of hydrogen-bond donors (Lipinski definition) is 2. The van der Waals surface area contributed by atoms with Crippen LogP contribution in [0, 0.1) is 0 Å². The second-order valence-corrected chi connectivity index (χ2v) is 6.73. The average Bonchev–Trinajstić information content (AvgIpc) is 3.16. The zero-order chi connectivity index (χ0) is 18.0. The largest absolute Gasteiger partial charge is 0.419 e. The molecule has 0 atom stereocenters. The molecule has 0 aliphatic carbocycles. The Labute approximate surface area is 147 Å². The topological polar surface area (TPSA) is 106 Å². The molecule has 0 spiro atoms. The van der Waals surface area contributed by atoms with Crippen LogP contribution in [0.4, 0.5) is 5.69 Å². The third kappa shape index (κ3) is 3.78. The van der Waals surface area contributed by atoms with Gasteiger partial charge in [-0.2, -0.15) is 0 Å². The predicted octanol–water partition coefficient (Wildman–Crippen LogP) is 1.32. The van der Waals surface area contributed by atoms with Crippen molar-refractivity contribution in [1.29, 1.82) is 0 Å². The Balaban J connectivity index is 1.85. The minimum Gasteiger partial charge on any atom is -0.408 e. The SMILES string of the molecule is CN(C)CCn1c(=O)oc2ccc(NC(=O)c3csc(CN)n3)cc21. The van der Waals surface area contributed by atoms with Crippen LogP contribution < -0.4 is 16.8 Å². The highest BCUT2D eigenvalue weighted by atomic mass is 32.1. The van der Waals surface area contributed by atoms with Crippen LogP contribution in [0.15, 0.2) is 32.8 Å². The minimum absolute atomic E-state index is 0.303. The van der Waals surface area contributed by atoms with Crippen LogP contribution in [-0.4, -0.2) is 41.0 Å². The Hall–Kier alpha value is -2.49. The number of nitrogens with two attached hydrogens (primary N) is 1. The van der Waals surface area contributed by atoms with Crippen LogP contribution in [-0.2, 0) is 13.1 Å². The number of aromatic nitrogens is 2. The number of oxazole rings is 1. The highest BCUT2D eigenvalue weighted by molar-refractivity contribution is 7.09. The third-order valence-electron chi connectivity index (χ3n) is 3.66. The molecule has 3 N–H and O–H groups in total. The Kier molecular flexibility index (Phi) is 4.98. The fraction of sp³-hybridized carbons (Fsp3) is 0.312. The molecule has 0 aliphatic rings. The molecular weight excluding hydrogens is 342 g/mol. The van der Waals surface area contributed by atoms with E-state index in [1.807, 2.05) is 19.0 Å². The van der Waals surface area contributed by atoms with Crippen LogP contribution in [0.1, 0.15) is 15.5 Å². The number of nitrogens with one attached hydrogen (secondary N) is 1. The van der Waals surface area contributed by atoms with Gasteiger partial charge in [-0.25, -0.2) is 9.78 Å². The molecule has 2 heterocycles. The van der Waals surface area contributed by atoms with Gasteiger partial charge >= 0.3 is 5.76 Å². The normalized spacial score (nSPS) is 11.4. The van der Waals surface area contributed by atoms with Gasteiger partial charge in [-0.1, -0.05) is 0 Å². The summed E-state index contributed by atoms with van der Waals surface area (Å²) in [6, 6.07) is 5.09. The van der Waals surface area contributed by atoms with Crippen LogP contribution in [0.2, 0.25) is 0 Å². The van der Waals surface area contributed by atoms with Crippen molar-refractivity contribution in [3.63, 3.8) is 0 Å². The number of rotatable bonds is 6. The Morgan fingerprint density at radius 3 is 2.92 bits per heavy atom. The van der Waals surface area contributed by atoms with Crippen molar-refractivity contribution in [2.75, 3.05) is 26.0 Å². The summed E-state index contributed by atoms with van der Waals surface area (Å²) in [6.45, 7) is 1.51. The Morgan fingerprint density at radius 2 is 2.24 bits per heavy atom. The maximum absolute atomic E-state index is 12.3. The smallest absolute Gasteiger partial charge is 0.408 e. The number of fused-ring (bicyclic) bond motifs is 1. The van der Waals surface area contributed by atoms with Crippen LogP contribution in [0.25, 0.3) is 11.1 Å². The number of anilines is 1. The maximum Gasteiger partial charge on any atom is 0.419 e.